The Bertz CT molecular complexity index is 329. The van der Waals surface area contributed by atoms with Gasteiger partial charge in [0.25, 0.3) is 0 Å². The maximum absolute atomic E-state index is 11.9. The molecule has 0 radical (unpaired) electrons. The molecule has 0 bridgehead atoms. The molecule has 4 heteroatoms. The van der Waals surface area contributed by atoms with E-state index in [1.165, 1.54) is 38.5 Å². The summed E-state index contributed by atoms with van der Waals surface area (Å²) in [7, 11) is 0. The Morgan fingerprint density at radius 3 is 2.26 bits per heavy atom. The largest absolute Gasteiger partial charge is 0.463 e. The molecule has 0 aromatic rings. The number of ether oxygens (including phenoxy) is 1. The van der Waals surface area contributed by atoms with E-state index in [1.807, 2.05) is 32.6 Å². The Labute approximate surface area is 143 Å². The number of carbonyl (C=O) groups is 2. The first-order chi connectivity index (χ1) is 11.0. The van der Waals surface area contributed by atoms with Crippen LogP contribution in [-0.4, -0.2) is 36.0 Å². The molecule has 0 aromatic heterocycles. The molecule has 1 saturated heterocycles. The molecule has 0 spiro atoms. The molecule has 1 unspecified atom stereocenters. The van der Waals surface area contributed by atoms with Gasteiger partial charge < -0.3 is 9.64 Å². The average Bonchev–Trinajstić information content (AvgIpc) is 2.89. The van der Waals surface area contributed by atoms with Crippen LogP contribution >= 0.6 is 0 Å². The molecule has 0 saturated carbocycles. The number of likely N-dealkylation sites (tertiary alicyclic amines) is 1. The highest BCUT2D eigenvalue weighted by molar-refractivity contribution is 5.86. The SMILES string of the molecule is CC.CCCCCCCCCN1CC(C(=O)OC(C)C)CC1=O. The zero-order valence-electron chi connectivity index (χ0n) is 15.9. The lowest BCUT2D eigenvalue weighted by atomic mass is 10.1. The molecular weight excluding hydrogens is 290 g/mol. The van der Waals surface area contributed by atoms with Crippen LogP contribution in [0.4, 0.5) is 0 Å². The van der Waals surface area contributed by atoms with Crippen molar-refractivity contribution in [1.29, 1.82) is 0 Å². The van der Waals surface area contributed by atoms with Crippen LogP contribution in [0, 0.1) is 5.92 Å². The summed E-state index contributed by atoms with van der Waals surface area (Å²) in [6, 6.07) is 0. The first-order valence-electron chi connectivity index (χ1n) is 9.52. The van der Waals surface area contributed by atoms with Crippen molar-refractivity contribution >= 4 is 11.9 Å². The van der Waals surface area contributed by atoms with Gasteiger partial charge in [0, 0.05) is 19.5 Å². The van der Waals surface area contributed by atoms with Gasteiger partial charge in [-0.1, -0.05) is 59.3 Å². The van der Waals surface area contributed by atoms with E-state index < -0.39 is 0 Å². The third-order valence-electron chi connectivity index (χ3n) is 3.93. The number of nitrogens with zero attached hydrogens (tertiary/aromatic N) is 1. The van der Waals surface area contributed by atoms with Gasteiger partial charge in [0.05, 0.1) is 12.0 Å². The number of rotatable bonds is 10. The normalized spacial score (nSPS) is 17.2. The fourth-order valence-electron chi connectivity index (χ4n) is 2.73. The maximum atomic E-state index is 11.9. The number of esters is 1. The second-order valence-corrected chi connectivity index (χ2v) is 6.35. The fourth-order valence-corrected chi connectivity index (χ4v) is 2.73. The van der Waals surface area contributed by atoms with Crippen molar-refractivity contribution in [2.45, 2.75) is 92.1 Å². The minimum Gasteiger partial charge on any atom is -0.463 e. The molecule has 1 rings (SSSR count). The molecule has 23 heavy (non-hydrogen) atoms. The third-order valence-corrected chi connectivity index (χ3v) is 3.93. The Morgan fingerprint density at radius 1 is 1.13 bits per heavy atom. The van der Waals surface area contributed by atoms with Gasteiger partial charge in [0.2, 0.25) is 5.91 Å². The highest BCUT2D eigenvalue weighted by Gasteiger charge is 2.35. The van der Waals surface area contributed by atoms with Crippen LogP contribution in [0.15, 0.2) is 0 Å². The van der Waals surface area contributed by atoms with Crippen LogP contribution in [0.25, 0.3) is 0 Å². The number of hydrogen-bond donors (Lipinski definition) is 0. The summed E-state index contributed by atoms with van der Waals surface area (Å²) in [4.78, 5) is 25.6. The molecule has 136 valence electrons. The smallest absolute Gasteiger partial charge is 0.311 e. The van der Waals surface area contributed by atoms with Crippen molar-refractivity contribution in [2.24, 2.45) is 5.92 Å². The first kappa shape index (κ1) is 21.9. The standard InChI is InChI=1S/C17H31NO3.C2H6/c1-4-5-6-7-8-9-10-11-18-13-15(12-16(18)19)17(20)21-14(2)3;1-2/h14-15H,4-13H2,1-3H3;1-2H3. The Balaban J connectivity index is 0.00000232. The van der Waals surface area contributed by atoms with Crippen LogP contribution < -0.4 is 0 Å². The van der Waals surface area contributed by atoms with Gasteiger partial charge in [-0.05, 0) is 20.3 Å². The summed E-state index contributed by atoms with van der Waals surface area (Å²) in [5.41, 5.74) is 0. The topological polar surface area (TPSA) is 46.6 Å². The van der Waals surface area contributed by atoms with Gasteiger partial charge in [0.15, 0.2) is 0 Å². The fraction of sp³-hybridized carbons (Fsp3) is 0.895. The van der Waals surface area contributed by atoms with Gasteiger partial charge >= 0.3 is 5.97 Å². The highest BCUT2D eigenvalue weighted by atomic mass is 16.5. The lowest BCUT2D eigenvalue weighted by Crippen LogP contribution is -2.28. The zero-order chi connectivity index (χ0) is 17.7. The molecule has 1 atom stereocenters. The summed E-state index contributed by atoms with van der Waals surface area (Å²) in [6.07, 6.45) is 8.90. The van der Waals surface area contributed by atoms with E-state index in [-0.39, 0.29) is 23.9 Å². The quantitative estimate of drug-likeness (QED) is 0.436. The van der Waals surface area contributed by atoms with Crippen LogP contribution in [-0.2, 0) is 14.3 Å². The van der Waals surface area contributed by atoms with Gasteiger partial charge in [-0.2, -0.15) is 0 Å². The predicted octanol–water partition coefficient (Wildman–Crippen LogP) is 4.56. The van der Waals surface area contributed by atoms with Crippen LogP contribution in [0.3, 0.4) is 0 Å². The summed E-state index contributed by atoms with van der Waals surface area (Å²) in [6.45, 7) is 11.2. The first-order valence-corrected chi connectivity index (χ1v) is 9.52. The van der Waals surface area contributed by atoms with E-state index in [1.54, 1.807) is 0 Å². The van der Waals surface area contributed by atoms with Crippen molar-refractivity contribution in [3.05, 3.63) is 0 Å². The van der Waals surface area contributed by atoms with Gasteiger partial charge in [-0.25, -0.2) is 0 Å². The van der Waals surface area contributed by atoms with E-state index in [2.05, 4.69) is 6.92 Å². The van der Waals surface area contributed by atoms with E-state index in [4.69, 9.17) is 4.74 Å². The number of unbranched alkanes of at least 4 members (excludes halogenated alkanes) is 6. The van der Waals surface area contributed by atoms with Crippen LogP contribution in [0.5, 0.6) is 0 Å². The molecule has 4 nitrogen and oxygen atoms in total. The summed E-state index contributed by atoms with van der Waals surface area (Å²) in [5, 5.41) is 0. The second kappa shape index (κ2) is 13.4. The van der Waals surface area contributed by atoms with Gasteiger partial charge in [0.1, 0.15) is 0 Å². The van der Waals surface area contributed by atoms with Crippen molar-refractivity contribution in [2.75, 3.05) is 13.1 Å². The lowest BCUT2D eigenvalue weighted by Gasteiger charge is -2.16. The maximum Gasteiger partial charge on any atom is 0.311 e. The minimum atomic E-state index is -0.260. The molecule has 1 aliphatic rings. The van der Waals surface area contributed by atoms with E-state index >= 15 is 0 Å². The Kier molecular flexibility index (Phi) is 12.8. The molecule has 0 aromatic carbocycles. The third kappa shape index (κ3) is 9.62. The molecular formula is C19H37NO3. The highest BCUT2D eigenvalue weighted by Crippen LogP contribution is 2.20. The van der Waals surface area contributed by atoms with Crippen molar-refractivity contribution < 1.29 is 14.3 Å². The molecule has 0 N–H and O–H groups in total. The summed E-state index contributed by atoms with van der Waals surface area (Å²) in [5.74, 6) is -0.378. The average molecular weight is 328 g/mol. The van der Waals surface area contributed by atoms with E-state index in [9.17, 15) is 9.59 Å². The minimum absolute atomic E-state index is 0.103. The van der Waals surface area contributed by atoms with Gasteiger partial charge in [-0.15, -0.1) is 0 Å². The monoisotopic (exact) mass is 327 g/mol. The number of amides is 1. The van der Waals surface area contributed by atoms with Crippen molar-refractivity contribution in [3.63, 3.8) is 0 Å². The second-order valence-electron chi connectivity index (χ2n) is 6.35. The van der Waals surface area contributed by atoms with Crippen molar-refractivity contribution in [3.8, 4) is 0 Å². The van der Waals surface area contributed by atoms with Crippen LogP contribution in [0.2, 0.25) is 0 Å². The molecule has 0 aliphatic carbocycles. The zero-order valence-corrected chi connectivity index (χ0v) is 15.9. The molecule has 1 heterocycles. The van der Waals surface area contributed by atoms with Gasteiger partial charge in [-0.3, -0.25) is 9.59 Å². The lowest BCUT2D eigenvalue weighted by molar-refractivity contribution is -0.152. The molecule has 1 amide bonds. The Hall–Kier alpha value is -1.06. The van der Waals surface area contributed by atoms with E-state index in [0.29, 0.717) is 13.0 Å². The molecule has 1 aliphatic heterocycles. The predicted molar refractivity (Wildman–Crippen MR) is 95.3 cm³/mol. The van der Waals surface area contributed by atoms with Crippen LogP contribution in [0.1, 0.15) is 86.0 Å². The van der Waals surface area contributed by atoms with Crippen molar-refractivity contribution in [1.82, 2.24) is 4.90 Å². The van der Waals surface area contributed by atoms with E-state index in [0.717, 1.165) is 13.0 Å². The number of hydrogen-bond acceptors (Lipinski definition) is 3. The number of carbonyl (C=O) groups excluding carboxylic acids is 2. The summed E-state index contributed by atoms with van der Waals surface area (Å²) >= 11 is 0. The molecule has 1 fully saturated rings. The Morgan fingerprint density at radius 2 is 1.70 bits per heavy atom. The summed E-state index contributed by atoms with van der Waals surface area (Å²) < 4.78 is 5.19.